The fourth-order valence-corrected chi connectivity index (χ4v) is 6.24. The predicted octanol–water partition coefficient (Wildman–Crippen LogP) is 3.10. The summed E-state index contributed by atoms with van der Waals surface area (Å²) in [5.41, 5.74) is -3.42. The molecule has 0 amide bonds. The van der Waals surface area contributed by atoms with Crippen molar-refractivity contribution in [3.63, 3.8) is 0 Å². The van der Waals surface area contributed by atoms with Gasteiger partial charge in [0.1, 0.15) is 36.2 Å². The number of aromatic nitrogens is 8. The molecule has 0 saturated heterocycles. The van der Waals surface area contributed by atoms with E-state index in [0.29, 0.717) is 0 Å². The van der Waals surface area contributed by atoms with Crippen LogP contribution in [-0.4, -0.2) is 64.2 Å². The molecule has 0 spiro atoms. The molecule has 3 aromatic carbocycles. The van der Waals surface area contributed by atoms with Crippen LogP contribution in [0.3, 0.4) is 0 Å². The second-order valence-corrected chi connectivity index (χ2v) is 12.5. The van der Waals surface area contributed by atoms with Gasteiger partial charge >= 0.3 is 36.0 Å². The maximum absolute atomic E-state index is 13.4. The lowest BCUT2D eigenvalue weighted by atomic mass is 10.1. The quantitative estimate of drug-likeness (QED) is 0.200. The van der Waals surface area contributed by atoms with Crippen LogP contribution in [0.25, 0.3) is 21.5 Å². The van der Waals surface area contributed by atoms with Crippen LogP contribution >= 0.6 is 23.2 Å². The molecule has 0 aliphatic carbocycles. The van der Waals surface area contributed by atoms with E-state index >= 15 is 0 Å². The number of nitrogens with zero attached hydrogens (tertiary/aromatic N) is 8. The van der Waals surface area contributed by atoms with E-state index in [1.807, 2.05) is 0 Å². The highest BCUT2D eigenvalue weighted by Crippen LogP contribution is 2.34. The highest BCUT2D eigenvalue weighted by atomic mass is 35.5. The Morgan fingerprint density at radius 2 is 0.732 bits per heavy atom. The van der Waals surface area contributed by atoms with E-state index in [-0.39, 0.29) is 79.3 Å². The molecule has 278 valence electrons. The van der Waals surface area contributed by atoms with Crippen molar-refractivity contribution < 1.29 is 38.0 Å². The first-order valence-corrected chi connectivity index (χ1v) is 16.8. The van der Waals surface area contributed by atoms with Crippen molar-refractivity contribution in [1.29, 1.82) is 0 Å². The Bertz CT molecular complexity index is 2710. The van der Waals surface area contributed by atoms with E-state index in [9.17, 15) is 28.8 Å². The Morgan fingerprint density at radius 3 is 1.04 bits per heavy atom. The molecule has 4 aromatic heterocycles. The second kappa shape index (κ2) is 13.2. The topological polar surface area (TPSA) is 245 Å². The normalized spacial score (nSPS) is 14.1. The van der Waals surface area contributed by atoms with E-state index in [4.69, 9.17) is 51.6 Å². The van der Waals surface area contributed by atoms with Gasteiger partial charge in [0, 0.05) is 12.1 Å². The number of benzene rings is 3. The van der Waals surface area contributed by atoms with Crippen LogP contribution in [0.5, 0.6) is 47.0 Å². The highest BCUT2D eigenvalue weighted by Gasteiger charge is 2.23. The van der Waals surface area contributed by atoms with Gasteiger partial charge in [0.05, 0.1) is 45.8 Å². The van der Waals surface area contributed by atoms with E-state index in [1.165, 1.54) is 48.5 Å². The van der Waals surface area contributed by atoms with Crippen LogP contribution < -0.4 is 41.2 Å². The van der Waals surface area contributed by atoms with Crippen LogP contribution in [0.4, 0.5) is 0 Å². The Hall–Kier alpha value is -7.32. The van der Waals surface area contributed by atoms with Gasteiger partial charge in [0.25, 0.3) is 22.2 Å². The van der Waals surface area contributed by atoms with Crippen molar-refractivity contribution in [3.05, 3.63) is 112 Å². The molecular weight excluding hydrogens is 783 g/mol. The van der Waals surface area contributed by atoms with Crippen molar-refractivity contribution in [2.75, 3.05) is 13.2 Å². The van der Waals surface area contributed by atoms with Gasteiger partial charge in [-0.15, -0.1) is 9.97 Å². The third kappa shape index (κ3) is 6.27. The molecule has 22 heteroatoms. The van der Waals surface area contributed by atoms with Crippen LogP contribution in [0.1, 0.15) is 20.7 Å². The number of hydrogen-bond donors (Lipinski definition) is 0. The molecule has 7 aromatic rings. The van der Waals surface area contributed by atoms with Crippen LogP contribution in [0.2, 0.25) is 10.6 Å². The van der Waals surface area contributed by atoms with Gasteiger partial charge in [-0.25, -0.2) is 9.59 Å². The van der Waals surface area contributed by atoms with Crippen LogP contribution in [0.15, 0.2) is 67.7 Å². The van der Waals surface area contributed by atoms with E-state index in [2.05, 4.69) is 29.9 Å². The van der Waals surface area contributed by atoms with Gasteiger partial charge in [0.2, 0.25) is 10.6 Å². The molecule has 56 heavy (non-hydrogen) atoms. The number of esters is 2. The molecule has 9 heterocycles. The summed E-state index contributed by atoms with van der Waals surface area (Å²) in [4.78, 5) is 104. The van der Waals surface area contributed by atoms with Crippen molar-refractivity contribution in [3.8, 4) is 47.0 Å². The van der Waals surface area contributed by atoms with Crippen molar-refractivity contribution in [2.24, 2.45) is 0 Å². The van der Waals surface area contributed by atoms with Crippen LogP contribution in [-0.2, 0) is 22.6 Å². The molecule has 0 fully saturated rings. The molecular formula is C34H16Cl2N8O12. The van der Waals surface area contributed by atoms with Gasteiger partial charge in [-0.3, -0.25) is 28.3 Å². The summed E-state index contributed by atoms with van der Waals surface area (Å²) in [5.74, 6) is -2.31. The number of carbonyl (C=O) groups is 2. The fourth-order valence-electron chi connectivity index (χ4n) is 5.95. The second-order valence-electron chi connectivity index (χ2n) is 11.9. The smallest absolute Gasteiger partial charge is 0.338 e. The molecule has 0 radical (unpaired) electrons. The summed E-state index contributed by atoms with van der Waals surface area (Å²) in [6.45, 7) is -1.71. The zero-order valence-electron chi connectivity index (χ0n) is 27.7. The third-order valence-electron chi connectivity index (χ3n) is 8.36. The molecule has 0 unspecified atom stereocenters. The highest BCUT2D eigenvalue weighted by molar-refractivity contribution is 6.28. The molecule has 16 bridgehead atoms. The van der Waals surface area contributed by atoms with Gasteiger partial charge in [0.15, 0.2) is 0 Å². The molecule has 12 rings (SSSR count). The molecule has 0 saturated carbocycles. The lowest BCUT2D eigenvalue weighted by molar-refractivity contribution is 0.0480. The lowest BCUT2D eigenvalue weighted by Crippen LogP contribution is -2.28. The maximum atomic E-state index is 13.4. The van der Waals surface area contributed by atoms with Gasteiger partial charge in [-0.2, -0.15) is 19.9 Å². The summed E-state index contributed by atoms with van der Waals surface area (Å²) < 4.78 is 35.8. The number of ether oxygens (including phenoxy) is 6. The number of rotatable bonds is 0. The van der Waals surface area contributed by atoms with Crippen LogP contribution in [0, 0.1) is 0 Å². The predicted molar refractivity (Wildman–Crippen MR) is 188 cm³/mol. The van der Waals surface area contributed by atoms with E-state index in [1.54, 1.807) is 0 Å². The van der Waals surface area contributed by atoms with E-state index < -0.39 is 71.4 Å². The number of carbonyl (C=O) groups excluding carboxylic acids is 2. The van der Waals surface area contributed by atoms with Gasteiger partial charge < -0.3 is 28.4 Å². The number of hydrogen-bond acceptors (Lipinski definition) is 18. The Balaban J connectivity index is 1.21. The van der Waals surface area contributed by atoms with Gasteiger partial charge in [-0.05, 0) is 59.6 Å². The first-order valence-electron chi connectivity index (χ1n) is 16.1. The minimum atomic E-state index is -0.953. The molecule has 20 nitrogen and oxygen atoms in total. The summed E-state index contributed by atoms with van der Waals surface area (Å²) in [6.07, 6.45) is 0. The first kappa shape index (κ1) is 34.4. The average molecular weight is 799 g/mol. The fraction of sp³-hybridized carbons (Fsp3) is 0.118. The van der Waals surface area contributed by atoms with Crippen molar-refractivity contribution in [2.45, 2.75) is 13.1 Å². The summed E-state index contributed by atoms with van der Waals surface area (Å²) in [7, 11) is 0. The third-order valence-corrected chi connectivity index (χ3v) is 8.70. The van der Waals surface area contributed by atoms with E-state index in [0.717, 1.165) is 9.13 Å². The molecule has 0 N–H and O–H groups in total. The number of halogens is 2. The largest absolute Gasteiger partial charge is 0.460 e. The zero-order valence-corrected chi connectivity index (χ0v) is 29.2. The maximum Gasteiger partial charge on any atom is 0.338 e. The Kier molecular flexibility index (Phi) is 8.13. The minimum absolute atomic E-state index is 0.101. The summed E-state index contributed by atoms with van der Waals surface area (Å²) in [5, 5.41) is -1.22. The van der Waals surface area contributed by atoms with Gasteiger partial charge in [-0.1, -0.05) is 0 Å². The molecule has 5 aliphatic heterocycles. The lowest BCUT2D eigenvalue weighted by Gasteiger charge is -2.13. The average Bonchev–Trinajstić information content (AvgIpc) is 3.51. The zero-order chi connectivity index (χ0) is 38.8. The standard InChI is InChI=1S/C34H16Cl2N8O12/c35-29-37-31-41-33(39-29)55-17-7-14-8-18(10-17)56-34-40-30(36)38-32(42-34)54-16-6-13(5-15(9-16)53-31)27(49)51-3-1-43-23(45)19-11-21-22(12-20(19)24(43)46)26(48)44(25(21)47)2-4-52-28(14)50/h5-12H,1-4H2. The first-order chi connectivity index (χ1) is 26.9. The molecule has 5 aliphatic rings. The Morgan fingerprint density at radius 1 is 0.429 bits per heavy atom. The minimum Gasteiger partial charge on any atom is -0.460 e. The molecule has 0 atom stereocenters. The monoisotopic (exact) mass is 798 g/mol. The van der Waals surface area contributed by atoms with Crippen molar-refractivity contribution in [1.82, 2.24) is 39.0 Å². The van der Waals surface area contributed by atoms with Crippen molar-refractivity contribution >= 4 is 56.7 Å². The summed E-state index contributed by atoms with van der Waals surface area (Å²) in [6, 6.07) is 8.25. The summed E-state index contributed by atoms with van der Waals surface area (Å²) >= 11 is 12.3. The Labute approximate surface area is 318 Å². The SMILES string of the molecule is O=C1OCCn2c(=O)c3cc4c(=O)n(c(=O)c4cc3c2=O)CCOC(=O)c2cc3cc(c2)Oc2nc(Cl)nc(n2)Oc2cc(cc1c2)Oc1nc(Cl)nc(n1)O3.